The van der Waals surface area contributed by atoms with Crippen molar-refractivity contribution in [2.75, 3.05) is 18.4 Å². The number of aliphatic hydroxyl groups is 1. The third-order valence-electron chi connectivity index (χ3n) is 7.00. The molecule has 3 rings (SSSR count). The Morgan fingerprint density at radius 3 is 2.50 bits per heavy atom. The van der Waals surface area contributed by atoms with Gasteiger partial charge in [-0.05, 0) is 43.2 Å². The first-order chi connectivity index (χ1) is 18.6. The summed E-state index contributed by atoms with van der Waals surface area (Å²) < 4.78 is 66.0. The predicted molar refractivity (Wildman–Crippen MR) is 137 cm³/mol. The second-order valence-electron chi connectivity index (χ2n) is 10.4. The second kappa shape index (κ2) is 12.8. The molecular formula is C25H35F3N4O7S. The number of rotatable bonds is 10. The highest BCUT2D eigenvalue weighted by Crippen LogP contribution is 2.31. The Hall–Kier alpha value is -2.75. The number of sulfone groups is 1. The van der Waals surface area contributed by atoms with Gasteiger partial charge in [0.25, 0.3) is 0 Å². The first kappa shape index (κ1) is 31.8. The SMILES string of the molecule is CC(C)[C@H](NC(=O)[C@H](C)NCOC(=O)C(F)(F)F)C(=O)N1CS(=O)(=O)C[C@H]1C(O)N[C@@H]1CCCc2ccccc21. The van der Waals surface area contributed by atoms with E-state index >= 15 is 0 Å². The maximum absolute atomic E-state index is 13.5. The molecule has 1 aromatic rings. The number of amides is 2. The van der Waals surface area contributed by atoms with Gasteiger partial charge in [-0.2, -0.15) is 13.2 Å². The van der Waals surface area contributed by atoms with Crippen LogP contribution in [0.2, 0.25) is 0 Å². The molecule has 1 aliphatic carbocycles. The number of benzene rings is 1. The Morgan fingerprint density at radius 2 is 1.85 bits per heavy atom. The highest BCUT2D eigenvalue weighted by atomic mass is 32.2. The van der Waals surface area contributed by atoms with E-state index in [-0.39, 0.29) is 6.04 Å². The van der Waals surface area contributed by atoms with Crippen molar-refractivity contribution in [3.05, 3.63) is 35.4 Å². The van der Waals surface area contributed by atoms with Crippen LogP contribution in [0.3, 0.4) is 0 Å². The van der Waals surface area contributed by atoms with Gasteiger partial charge in [0, 0.05) is 6.04 Å². The van der Waals surface area contributed by atoms with Crippen LogP contribution in [0.5, 0.6) is 0 Å². The summed E-state index contributed by atoms with van der Waals surface area (Å²) in [6, 6.07) is 4.04. The number of hydrogen-bond acceptors (Lipinski definition) is 9. The molecule has 0 saturated carbocycles. The van der Waals surface area contributed by atoms with Crippen LogP contribution in [0.4, 0.5) is 13.2 Å². The van der Waals surface area contributed by atoms with E-state index in [2.05, 4.69) is 20.7 Å². The van der Waals surface area contributed by atoms with E-state index in [4.69, 9.17) is 0 Å². The minimum atomic E-state index is -5.19. The zero-order valence-electron chi connectivity index (χ0n) is 22.4. The molecule has 1 fully saturated rings. The summed E-state index contributed by atoms with van der Waals surface area (Å²) in [5.74, 6) is -5.56. The molecule has 0 aromatic heterocycles. The van der Waals surface area contributed by atoms with Crippen molar-refractivity contribution in [2.45, 2.75) is 76.6 Å². The molecule has 0 bridgehead atoms. The number of halogens is 3. The zero-order chi connectivity index (χ0) is 29.8. The topological polar surface area (TPSA) is 154 Å². The molecule has 11 nitrogen and oxygen atoms in total. The third kappa shape index (κ3) is 7.92. The number of fused-ring (bicyclic) bond motifs is 1. The van der Waals surface area contributed by atoms with Crippen molar-refractivity contribution in [1.82, 2.24) is 20.9 Å². The third-order valence-corrected chi connectivity index (χ3v) is 8.52. The van der Waals surface area contributed by atoms with Crippen LogP contribution >= 0.6 is 0 Å². The molecule has 2 amide bonds. The van der Waals surface area contributed by atoms with Gasteiger partial charge < -0.3 is 20.1 Å². The maximum Gasteiger partial charge on any atom is 0.490 e. The van der Waals surface area contributed by atoms with E-state index in [9.17, 15) is 41.1 Å². The number of ether oxygens (including phenoxy) is 1. The van der Waals surface area contributed by atoms with Crippen LogP contribution < -0.4 is 16.0 Å². The largest absolute Gasteiger partial charge is 0.490 e. The van der Waals surface area contributed by atoms with Crippen LogP contribution in [0.15, 0.2) is 24.3 Å². The molecule has 224 valence electrons. The lowest BCUT2D eigenvalue weighted by Crippen LogP contribution is -2.59. The number of hydrogen-bond donors (Lipinski definition) is 4. The Balaban J connectivity index is 1.68. The average molecular weight is 593 g/mol. The summed E-state index contributed by atoms with van der Waals surface area (Å²) in [6.45, 7) is 3.64. The Labute approximate surface area is 230 Å². The summed E-state index contributed by atoms with van der Waals surface area (Å²) in [7, 11) is -3.73. The Bertz CT molecular complexity index is 1200. The van der Waals surface area contributed by atoms with Gasteiger partial charge in [0.2, 0.25) is 11.8 Å². The lowest BCUT2D eigenvalue weighted by molar-refractivity contribution is -0.200. The molecule has 0 radical (unpaired) electrons. The minimum absolute atomic E-state index is 0.237. The van der Waals surface area contributed by atoms with Crippen LogP contribution in [-0.4, -0.2) is 85.1 Å². The van der Waals surface area contributed by atoms with Gasteiger partial charge in [0.05, 0.1) is 17.8 Å². The van der Waals surface area contributed by atoms with E-state index in [0.29, 0.717) is 0 Å². The summed E-state index contributed by atoms with van der Waals surface area (Å²) in [4.78, 5) is 38.1. The number of nitrogens with zero attached hydrogens (tertiary/aromatic N) is 1. The van der Waals surface area contributed by atoms with E-state index in [1.165, 1.54) is 6.92 Å². The maximum atomic E-state index is 13.5. The normalized spacial score (nSPS) is 22.8. The first-order valence-electron chi connectivity index (χ1n) is 12.9. The molecule has 15 heteroatoms. The van der Waals surface area contributed by atoms with Crippen molar-refractivity contribution in [3.63, 3.8) is 0 Å². The summed E-state index contributed by atoms with van der Waals surface area (Å²) >= 11 is 0. The molecule has 1 unspecified atom stereocenters. The molecule has 0 spiro atoms. The smallest absolute Gasteiger partial charge is 0.443 e. The summed E-state index contributed by atoms with van der Waals surface area (Å²) in [5.41, 5.74) is 2.13. The predicted octanol–water partition coefficient (Wildman–Crippen LogP) is 0.737. The molecule has 5 atom stereocenters. The molecule has 1 saturated heterocycles. The molecular weight excluding hydrogens is 557 g/mol. The molecule has 1 heterocycles. The Morgan fingerprint density at radius 1 is 1.18 bits per heavy atom. The van der Waals surface area contributed by atoms with E-state index < -0.39 is 82.4 Å². The number of esters is 1. The van der Waals surface area contributed by atoms with E-state index in [1.54, 1.807) is 13.8 Å². The Kier molecular flexibility index (Phi) is 10.2. The van der Waals surface area contributed by atoms with Crippen LogP contribution in [0.1, 0.15) is 50.8 Å². The van der Waals surface area contributed by atoms with Crippen LogP contribution in [0, 0.1) is 5.92 Å². The first-order valence-corrected chi connectivity index (χ1v) is 14.7. The molecule has 40 heavy (non-hydrogen) atoms. The van der Waals surface area contributed by atoms with Gasteiger partial charge in [-0.3, -0.25) is 20.2 Å². The van der Waals surface area contributed by atoms with Gasteiger partial charge in [-0.25, -0.2) is 13.2 Å². The number of carbonyl (C=O) groups is 3. The van der Waals surface area contributed by atoms with E-state index in [0.717, 1.165) is 35.3 Å². The molecule has 2 aliphatic rings. The fraction of sp³-hybridized carbons (Fsp3) is 0.640. The number of aliphatic hydroxyl groups excluding tert-OH is 1. The van der Waals surface area contributed by atoms with Gasteiger partial charge in [-0.1, -0.05) is 38.1 Å². The molecule has 1 aliphatic heterocycles. The lowest BCUT2D eigenvalue weighted by atomic mass is 9.87. The van der Waals surface area contributed by atoms with Crippen molar-refractivity contribution in [3.8, 4) is 0 Å². The summed E-state index contributed by atoms with van der Waals surface area (Å²) in [6.07, 6.45) is -4.08. The highest BCUT2D eigenvalue weighted by molar-refractivity contribution is 7.91. The molecule has 4 N–H and O–H groups in total. The van der Waals surface area contributed by atoms with Gasteiger partial charge in [0.1, 0.15) is 24.9 Å². The lowest BCUT2D eigenvalue weighted by Gasteiger charge is -2.35. The number of alkyl halides is 3. The number of aryl methyl sites for hydroxylation is 1. The standard InChI is InChI=1S/C25H35F3N4O7S/c1-14(2)20(31-21(33)15(3)29-12-39-24(36)25(26,27)28)23(35)32-13-40(37,38)11-19(32)22(34)30-18-10-6-8-16-7-4-5-9-17(16)18/h4-5,7,9,14-15,18-20,22,29-30,34H,6,8,10-13H2,1-3H3,(H,31,33)/t15-,18+,19-,20-,22?/m0/s1. The van der Waals surface area contributed by atoms with E-state index in [1.807, 2.05) is 24.3 Å². The fourth-order valence-corrected chi connectivity index (χ4v) is 6.55. The van der Waals surface area contributed by atoms with Crippen LogP contribution in [-0.2, 0) is 35.4 Å². The van der Waals surface area contributed by atoms with Crippen LogP contribution in [0.25, 0.3) is 0 Å². The monoisotopic (exact) mass is 592 g/mol. The van der Waals surface area contributed by atoms with Crippen molar-refractivity contribution < 1.29 is 45.8 Å². The quantitative estimate of drug-likeness (QED) is 0.228. The van der Waals surface area contributed by atoms with Crippen molar-refractivity contribution >= 4 is 27.6 Å². The van der Waals surface area contributed by atoms with Crippen molar-refractivity contribution in [1.29, 1.82) is 0 Å². The second-order valence-corrected chi connectivity index (χ2v) is 12.5. The molecule has 1 aromatic carbocycles. The van der Waals surface area contributed by atoms with Gasteiger partial charge in [-0.15, -0.1) is 0 Å². The number of carbonyl (C=O) groups excluding carboxylic acids is 3. The number of nitrogens with one attached hydrogen (secondary N) is 3. The minimum Gasteiger partial charge on any atom is -0.443 e. The van der Waals surface area contributed by atoms with Crippen molar-refractivity contribution in [2.24, 2.45) is 5.92 Å². The summed E-state index contributed by atoms with van der Waals surface area (Å²) in [5, 5.41) is 19.0. The zero-order valence-corrected chi connectivity index (χ0v) is 23.2. The highest BCUT2D eigenvalue weighted by Gasteiger charge is 2.46. The fourth-order valence-electron chi connectivity index (χ4n) is 4.82. The van der Waals surface area contributed by atoms with Gasteiger partial charge in [0.15, 0.2) is 9.84 Å². The average Bonchev–Trinajstić information content (AvgIpc) is 3.21. The van der Waals surface area contributed by atoms with Gasteiger partial charge >= 0.3 is 12.1 Å².